The first kappa shape index (κ1) is 15.4. The van der Waals surface area contributed by atoms with Crippen molar-refractivity contribution in [2.75, 3.05) is 6.54 Å². The molecular formula is C15H17F2NO3. The molecule has 1 aliphatic carbocycles. The summed E-state index contributed by atoms with van der Waals surface area (Å²) in [6.45, 7) is 1.57. The lowest BCUT2D eigenvalue weighted by atomic mass is 10.1. The van der Waals surface area contributed by atoms with Gasteiger partial charge in [-0.1, -0.05) is 13.0 Å². The molecule has 114 valence electrons. The number of rotatable bonds is 6. The second kappa shape index (κ2) is 6.20. The fourth-order valence-electron chi connectivity index (χ4n) is 2.17. The number of carbonyl (C=O) groups is 2. The van der Waals surface area contributed by atoms with Crippen LogP contribution < -0.4 is 0 Å². The highest BCUT2D eigenvalue weighted by molar-refractivity contribution is 5.80. The summed E-state index contributed by atoms with van der Waals surface area (Å²) < 4.78 is 27.2. The second-order valence-electron chi connectivity index (χ2n) is 5.39. The number of halogens is 2. The Kier molecular flexibility index (Phi) is 4.55. The molecule has 1 saturated carbocycles. The number of hydrogen-bond acceptors (Lipinski definition) is 2. The quantitative estimate of drug-likeness (QED) is 0.876. The number of benzene rings is 1. The minimum absolute atomic E-state index is 0.00543. The molecule has 0 aromatic heterocycles. The Balaban J connectivity index is 2.10. The summed E-state index contributed by atoms with van der Waals surface area (Å²) in [5.41, 5.74) is -0.267. The largest absolute Gasteiger partial charge is 0.481 e. The van der Waals surface area contributed by atoms with Gasteiger partial charge in [0.1, 0.15) is 11.6 Å². The van der Waals surface area contributed by atoms with E-state index >= 15 is 0 Å². The molecule has 4 nitrogen and oxygen atoms in total. The third kappa shape index (κ3) is 3.77. The Morgan fingerprint density at radius 2 is 1.90 bits per heavy atom. The number of aliphatic carboxylic acids is 1. The van der Waals surface area contributed by atoms with Crippen LogP contribution in [0.3, 0.4) is 0 Å². The first-order chi connectivity index (χ1) is 9.90. The van der Waals surface area contributed by atoms with Crippen molar-refractivity contribution in [3.8, 4) is 0 Å². The first-order valence-corrected chi connectivity index (χ1v) is 6.85. The maximum absolute atomic E-state index is 13.6. The summed E-state index contributed by atoms with van der Waals surface area (Å²) in [7, 11) is 0. The summed E-state index contributed by atoms with van der Waals surface area (Å²) in [5.74, 6) is -3.66. The van der Waals surface area contributed by atoms with Crippen molar-refractivity contribution in [2.45, 2.75) is 32.2 Å². The zero-order chi connectivity index (χ0) is 15.6. The van der Waals surface area contributed by atoms with E-state index in [2.05, 4.69) is 0 Å². The molecule has 0 heterocycles. The number of carboxylic acid groups (broad SMARTS) is 1. The topological polar surface area (TPSA) is 57.6 Å². The summed E-state index contributed by atoms with van der Waals surface area (Å²) in [6.07, 6.45) is 1.22. The van der Waals surface area contributed by atoms with Crippen LogP contribution in [-0.4, -0.2) is 34.5 Å². The SMILES string of the molecule is CC(CN(C(=O)Cc1c(F)cccc1F)C1CC1)C(=O)O. The molecule has 1 atom stereocenters. The van der Waals surface area contributed by atoms with Gasteiger partial charge in [-0.2, -0.15) is 0 Å². The normalized spacial score (nSPS) is 15.6. The van der Waals surface area contributed by atoms with Gasteiger partial charge in [0, 0.05) is 18.2 Å². The molecule has 1 N–H and O–H groups in total. The summed E-state index contributed by atoms with van der Waals surface area (Å²) in [6, 6.07) is 3.44. The molecular weight excluding hydrogens is 280 g/mol. The molecule has 1 aromatic rings. The predicted octanol–water partition coefficient (Wildman–Crippen LogP) is 2.22. The lowest BCUT2D eigenvalue weighted by Crippen LogP contribution is -2.39. The van der Waals surface area contributed by atoms with E-state index in [1.807, 2.05) is 0 Å². The number of carbonyl (C=O) groups excluding carboxylic acids is 1. The maximum atomic E-state index is 13.6. The van der Waals surface area contributed by atoms with Crippen LogP contribution in [0.5, 0.6) is 0 Å². The molecule has 1 unspecified atom stereocenters. The van der Waals surface area contributed by atoms with Crippen LogP contribution in [0.2, 0.25) is 0 Å². The molecule has 0 aliphatic heterocycles. The van der Waals surface area contributed by atoms with E-state index in [4.69, 9.17) is 5.11 Å². The van der Waals surface area contributed by atoms with Gasteiger partial charge in [0.2, 0.25) is 5.91 Å². The van der Waals surface area contributed by atoms with Gasteiger partial charge < -0.3 is 10.0 Å². The Morgan fingerprint density at radius 1 is 1.33 bits per heavy atom. The summed E-state index contributed by atoms with van der Waals surface area (Å²) >= 11 is 0. The molecule has 0 radical (unpaired) electrons. The second-order valence-corrected chi connectivity index (χ2v) is 5.39. The van der Waals surface area contributed by atoms with Crippen LogP contribution in [0.25, 0.3) is 0 Å². The molecule has 1 fully saturated rings. The standard InChI is InChI=1S/C15H17F2NO3/c1-9(15(20)21)8-18(10-5-6-10)14(19)7-11-12(16)3-2-4-13(11)17/h2-4,9-10H,5-8H2,1H3,(H,20,21). The van der Waals surface area contributed by atoms with Gasteiger partial charge in [0.05, 0.1) is 12.3 Å². The Labute approximate surface area is 121 Å². The van der Waals surface area contributed by atoms with Gasteiger partial charge in [-0.05, 0) is 25.0 Å². The van der Waals surface area contributed by atoms with Gasteiger partial charge in [0.25, 0.3) is 0 Å². The van der Waals surface area contributed by atoms with Crippen LogP contribution in [0.1, 0.15) is 25.3 Å². The van der Waals surface area contributed by atoms with E-state index in [0.717, 1.165) is 25.0 Å². The molecule has 6 heteroatoms. The highest BCUT2D eigenvalue weighted by Crippen LogP contribution is 2.28. The zero-order valence-electron chi connectivity index (χ0n) is 11.7. The Hall–Kier alpha value is -1.98. The molecule has 21 heavy (non-hydrogen) atoms. The molecule has 2 rings (SSSR count). The van der Waals surface area contributed by atoms with Crippen molar-refractivity contribution in [1.82, 2.24) is 4.90 Å². The average molecular weight is 297 g/mol. The summed E-state index contributed by atoms with van der Waals surface area (Å²) in [5, 5.41) is 8.93. The van der Waals surface area contributed by atoms with E-state index in [9.17, 15) is 18.4 Å². The van der Waals surface area contributed by atoms with Crippen LogP contribution >= 0.6 is 0 Å². The molecule has 0 saturated heterocycles. The van der Waals surface area contributed by atoms with Gasteiger partial charge in [-0.25, -0.2) is 8.78 Å². The van der Waals surface area contributed by atoms with Gasteiger partial charge in [0.15, 0.2) is 0 Å². The van der Waals surface area contributed by atoms with Crippen molar-refractivity contribution in [1.29, 1.82) is 0 Å². The van der Waals surface area contributed by atoms with E-state index in [1.54, 1.807) is 0 Å². The average Bonchev–Trinajstić information content (AvgIpc) is 3.24. The van der Waals surface area contributed by atoms with Crippen LogP contribution in [0.15, 0.2) is 18.2 Å². The smallest absolute Gasteiger partial charge is 0.308 e. The predicted molar refractivity (Wildman–Crippen MR) is 71.6 cm³/mol. The van der Waals surface area contributed by atoms with E-state index in [0.29, 0.717) is 0 Å². The van der Waals surface area contributed by atoms with Crippen molar-refractivity contribution >= 4 is 11.9 Å². The molecule has 1 aromatic carbocycles. The molecule has 0 bridgehead atoms. The third-order valence-electron chi connectivity index (χ3n) is 3.59. The van der Waals surface area contributed by atoms with Crippen LogP contribution in [0, 0.1) is 17.6 Å². The lowest BCUT2D eigenvalue weighted by molar-refractivity contribution is -0.143. The fraction of sp³-hybridized carbons (Fsp3) is 0.467. The van der Waals surface area contributed by atoms with Gasteiger partial charge in [-0.15, -0.1) is 0 Å². The van der Waals surface area contributed by atoms with Crippen molar-refractivity contribution < 1.29 is 23.5 Å². The molecule has 1 amide bonds. The van der Waals surface area contributed by atoms with Crippen LogP contribution in [0.4, 0.5) is 8.78 Å². The highest BCUT2D eigenvalue weighted by atomic mass is 19.1. The first-order valence-electron chi connectivity index (χ1n) is 6.85. The summed E-state index contributed by atoms with van der Waals surface area (Å²) in [4.78, 5) is 24.6. The Bertz CT molecular complexity index is 538. The highest BCUT2D eigenvalue weighted by Gasteiger charge is 2.34. The number of carboxylic acids is 1. The Morgan fingerprint density at radius 3 is 2.38 bits per heavy atom. The number of hydrogen-bond donors (Lipinski definition) is 1. The minimum Gasteiger partial charge on any atom is -0.481 e. The third-order valence-corrected chi connectivity index (χ3v) is 3.59. The monoisotopic (exact) mass is 297 g/mol. The maximum Gasteiger partial charge on any atom is 0.308 e. The van der Waals surface area contributed by atoms with E-state index in [-0.39, 0.29) is 24.6 Å². The van der Waals surface area contributed by atoms with Crippen molar-refractivity contribution in [3.63, 3.8) is 0 Å². The zero-order valence-corrected chi connectivity index (χ0v) is 11.7. The number of nitrogens with zero attached hydrogens (tertiary/aromatic N) is 1. The fourth-order valence-corrected chi connectivity index (χ4v) is 2.17. The van der Waals surface area contributed by atoms with Crippen molar-refractivity contribution in [2.24, 2.45) is 5.92 Å². The number of amides is 1. The van der Waals surface area contributed by atoms with Gasteiger partial charge in [-0.3, -0.25) is 9.59 Å². The van der Waals surface area contributed by atoms with Crippen LogP contribution in [-0.2, 0) is 16.0 Å². The molecule has 1 aliphatic rings. The van der Waals surface area contributed by atoms with E-state index < -0.39 is 29.4 Å². The van der Waals surface area contributed by atoms with Gasteiger partial charge >= 0.3 is 5.97 Å². The lowest BCUT2D eigenvalue weighted by Gasteiger charge is -2.24. The minimum atomic E-state index is -0.995. The van der Waals surface area contributed by atoms with Crippen molar-refractivity contribution in [3.05, 3.63) is 35.4 Å². The van der Waals surface area contributed by atoms with E-state index in [1.165, 1.54) is 17.9 Å². The molecule has 0 spiro atoms.